The highest BCUT2D eigenvalue weighted by atomic mass is 127. The normalized spacial score (nSPS) is 14.2. The third-order valence-electron chi connectivity index (χ3n) is 2.32. The molecule has 2 unspecified atom stereocenters. The Morgan fingerprint density at radius 2 is 1.94 bits per heavy atom. The maximum absolute atomic E-state index is 9.86. The number of methoxy groups -OCH3 is 2. The van der Waals surface area contributed by atoms with E-state index >= 15 is 0 Å². The van der Waals surface area contributed by atoms with Crippen molar-refractivity contribution < 1.29 is 19.7 Å². The quantitative estimate of drug-likeness (QED) is 0.613. The maximum atomic E-state index is 9.86. The number of hydrogen-bond donors (Lipinski definition) is 2. The van der Waals surface area contributed by atoms with Crippen LogP contribution in [0.2, 0.25) is 0 Å². The molecule has 17 heavy (non-hydrogen) atoms. The van der Waals surface area contributed by atoms with Crippen LogP contribution in [-0.4, -0.2) is 36.4 Å². The van der Waals surface area contributed by atoms with Gasteiger partial charge in [-0.05, 0) is 40.3 Å². The zero-order valence-corrected chi connectivity index (χ0v) is 12.4. The molecule has 0 aliphatic rings. The number of ether oxygens (including phenoxy) is 2. The number of aliphatic hydroxyl groups is 2. The minimum absolute atomic E-state index is 0.0356. The summed E-state index contributed by atoms with van der Waals surface area (Å²) in [5.74, 6) is 1.08. The molecule has 6 heteroatoms. The third-order valence-corrected chi connectivity index (χ3v) is 3.44. The summed E-state index contributed by atoms with van der Waals surface area (Å²) in [7, 11) is 3.06. The summed E-state index contributed by atoms with van der Waals surface area (Å²) in [4.78, 5) is 0. The Bertz CT molecular complexity index is 386. The molecular formula is C11H14ClIO4. The minimum atomic E-state index is -1.04. The standard InChI is InChI=1S/C11H14ClIO4/c1-16-9-4-6(10(15)8(14)5-12)3-7(13)11(9)17-2/h3-4,8,10,14-15H,5H2,1-2H3. The average molecular weight is 373 g/mol. The van der Waals surface area contributed by atoms with Crippen molar-refractivity contribution in [1.82, 2.24) is 0 Å². The summed E-state index contributed by atoms with van der Waals surface area (Å²) in [6.45, 7) is 0. The van der Waals surface area contributed by atoms with Gasteiger partial charge in [0.15, 0.2) is 11.5 Å². The smallest absolute Gasteiger partial charge is 0.174 e. The molecule has 0 fully saturated rings. The number of benzene rings is 1. The zero-order valence-electron chi connectivity index (χ0n) is 9.48. The second-order valence-corrected chi connectivity index (χ2v) is 4.88. The van der Waals surface area contributed by atoms with E-state index in [-0.39, 0.29) is 5.88 Å². The van der Waals surface area contributed by atoms with Crippen LogP contribution in [0.5, 0.6) is 11.5 Å². The molecule has 1 aromatic rings. The second-order valence-electron chi connectivity index (χ2n) is 3.40. The predicted molar refractivity (Wildman–Crippen MR) is 73.9 cm³/mol. The van der Waals surface area contributed by atoms with Gasteiger partial charge in [-0.2, -0.15) is 0 Å². The molecular weight excluding hydrogens is 358 g/mol. The van der Waals surface area contributed by atoms with E-state index in [2.05, 4.69) is 22.6 Å². The molecule has 0 bridgehead atoms. The Hall–Kier alpha value is -0.240. The number of hydrogen-bond acceptors (Lipinski definition) is 4. The fraction of sp³-hybridized carbons (Fsp3) is 0.455. The van der Waals surface area contributed by atoms with E-state index in [9.17, 15) is 10.2 Å². The lowest BCUT2D eigenvalue weighted by Crippen LogP contribution is -2.19. The number of halogens is 2. The lowest BCUT2D eigenvalue weighted by molar-refractivity contribution is 0.0325. The molecule has 0 heterocycles. The first-order valence-electron chi connectivity index (χ1n) is 4.88. The van der Waals surface area contributed by atoms with Gasteiger partial charge in [0, 0.05) is 0 Å². The van der Waals surface area contributed by atoms with Crippen LogP contribution in [0.3, 0.4) is 0 Å². The fourth-order valence-electron chi connectivity index (χ4n) is 1.42. The van der Waals surface area contributed by atoms with Crippen molar-refractivity contribution in [1.29, 1.82) is 0 Å². The lowest BCUT2D eigenvalue weighted by atomic mass is 10.0. The average Bonchev–Trinajstić information content (AvgIpc) is 2.35. The van der Waals surface area contributed by atoms with Gasteiger partial charge >= 0.3 is 0 Å². The van der Waals surface area contributed by atoms with Crippen LogP contribution >= 0.6 is 34.2 Å². The van der Waals surface area contributed by atoms with Crippen molar-refractivity contribution in [3.05, 3.63) is 21.3 Å². The first-order valence-corrected chi connectivity index (χ1v) is 6.50. The molecule has 1 rings (SSSR count). The monoisotopic (exact) mass is 372 g/mol. The molecule has 0 spiro atoms. The van der Waals surface area contributed by atoms with Crippen LogP contribution in [0, 0.1) is 3.57 Å². The van der Waals surface area contributed by atoms with Gasteiger partial charge in [-0.25, -0.2) is 0 Å². The molecule has 0 aliphatic heterocycles. The topological polar surface area (TPSA) is 58.9 Å². The van der Waals surface area contributed by atoms with Gasteiger partial charge in [-0.3, -0.25) is 0 Å². The van der Waals surface area contributed by atoms with Crippen LogP contribution in [0.4, 0.5) is 0 Å². The Kier molecular flexibility index (Phi) is 5.78. The van der Waals surface area contributed by atoms with Gasteiger partial charge in [0.25, 0.3) is 0 Å². The molecule has 0 aliphatic carbocycles. The van der Waals surface area contributed by atoms with Crippen molar-refractivity contribution in [2.45, 2.75) is 12.2 Å². The molecule has 0 saturated heterocycles. The summed E-state index contributed by atoms with van der Waals surface area (Å²) in [6.07, 6.45) is -2.05. The molecule has 0 amide bonds. The van der Waals surface area contributed by atoms with Crippen molar-refractivity contribution >= 4 is 34.2 Å². The van der Waals surface area contributed by atoms with E-state index in [1.54, 1.807) is 19.2 Å². The first-order chi connectivity index (χ1) is 8.04. The molecule has 2 atom stereocenters. The summed E-state index contributed by atoms with van der Waals surface area (Å²) in [5.41, 5.74) is 0.542. The van der Waals surface area contributed by atoms with Gasteiger partial charge in [-0.15, -0.1) is 11.6 Å². The maximum Gasteiger partial charge on any atom is 0.174 e. The highest BCUT2D eigenvalue weighted by Gasteiger charge is 2.20. The fourth-order valence-corrected chi connectivity index (χ4v) is 2.43. The molecule has 1 aromatic carbocycles. The van der Waals surface area contributed by atoms with Crippen LogP contribution < -0.4 is 9.47 Å². The summed E-state index contributed by atoms with van der Waals surface area (Å²) < 4.78 is 11.1. The van der Waals surface area contributed by atoms with Gasteiger partial charge in [0.1, 0.15) is 6.10 Å². The Morgan fingerprint density at radius 1 is 1.29 bits per heavy atom. The number of rotatable bonds is 5. The highest BCUT2D eigenvalue weighted by Crippen LogP contribution is 2.35. The van der Waals surface area contributed by atoms with E-state index < -0.39 is 12.2 Å². The Balaban J connectivity index is 3.15. The minimum Gasteiger partial charge on any atom is -0.493 e. The molecule has 2 N–H and O–H groups in total. The van der Waals surface area contributed by atoms with Crippen LogP contribution in [0.1, 0.15) is 11.7 Å². The Morgan fingerprint density at radius 3 is 2.41 bits per heavy atom. The molecule has 96 valence electrons. The second kappa shape index (κ2) is 6.63. The summed E-state index contributed by atoms with van der Waals surface area (Å²) in [5, 5.41) is 19.4. The predicted octanol–water partition coefficient (Wildman–Crippen LogP) is 1.94. The van der Waals surface area contributed by atoms with E-state index in [1.807, 2.05) is 0 Å². The highest BCUT2D eigenvalue weighted by molar-refractivity contribution is 14.1. The van der Waals surface area contributed by atoms with E-state index in [1.165, 1.54) is 7.11 Å². The zero-order chi connectivity index (χ0) is 13.0. The van der Waals surface area contributed by atoms with Crippen molar-refractivity contribution in [2.75, 3.05) is 20.1 Å². The van der Waals surface area contributed by atoms with Crippen LogP contribution in [-0.2, 0) is 0 Å². The van der Waals surface area contributed by atoms with Gasteiger partial charge in [-0.1, -0.05) is 0 Å². The van der Waals surface area contributed by atoms with E-state index in [0.717, 1.165) is 3.57 Å². The molecule has 0 radical (unpaired) electrons. The van der Waals surface area contributed by atoms with Gasteiger partial charge in [0.2, 0.25) is 0 Å². The Labute approximate surface area is 119 Å². The number of alkyl halides is 1. The largest absolute Gasteiger partial charge is 0.493 e. The lowest BCUT2D eigenvalue weighted by Gasteiger charge is -2.18. The molecule has 0 saturated carbocycles. The molecule has 4 nitrogen and oxygen atoms in total. The molecule has 0 aromatic heterocycles. The van der Waals surface area contributed by atoms with Crippen molar-refractivity contribution in [2.24, 2.45) is 0 Å². The van der Waals surface area contributed by atoms with Gasteiger partial charge < -0.3 is 19.7 Å². The SMILES string of the molecule is COc1cc(C(O)C(O)CCl)cc(I)c1OC. The van der Waals surface area contributed by atoms with E-state index in [4.69, 9.17) is 21.1 Å². The number of aliphatic hydroxyl groups excluding tert-OH is 2. The summed E-state index contributed by atoms with van der Waals surface area (Å²) in [6, 6.07) is 3.35. The first kappa shape index (κ1) is 14.8. The third kappa shape index (κ3) is 3.37. The van der Waals surface area contributed by atoms with Gasteiger partial charge in [0.05, 0.1) is 29.8 Å². The van der Waals surface area contributed by atoms with Crippen molar-refractivity contribution in [3.63, 3.8) is 0 Å². The van der Waals surface area contributed by atoms with Crippen molar-refractivity contribution in [3.8, 4) is 11.5 Å². The van der Waals surface area contributed by atoms with Crippen LogP contribution in [0.15, 0.2) is 12.1 Å². The summed E-state index contributed by atoms with van der Waals surface area (Å²) >= 11 is 7.57. The van der Waals surface area contributed by atoms with Crippen LogP contribution in [0.25, 0.3) is 0 Å². The van der Waals surface area contributed by atoms with E-state index in [0.29, 0.717) is 17.1 Å².